The van der Waals surface area contributed by atoms with Crippen molar-refractivity contribution in [2.75, 3.05) is 19.6 Å². The first-order chi connectivity index (χ1) is 6.41. The van der Waals surface area contributed by atoms with Gasteiger partial charge in [0.15, 0.2) is 0 Å². The van der Waals surface area contributed by atoms with Crippen molar-refractivity contribution in [3.63, 3.8) is 0 Å². The number of aliphatic carboxylic acids is 1. The van der Waals surface area contributed by atoms with Crippen LogP contribution >= 0.6 is 0 Å². The SMILES string of the molecule is CC(C)CN(CCC(=O)O)CC(C)O. The van der Waals surface area contributed by atoms with E-state index in [0.29, 0.717) is 19.0 Å². The van der Waals surface area contributed by atoms with Crippen LogP contribution in [0.1, 0.15) is 27.2 Å². The largest absolute Gasteiger partial charge is 0.481 e. The molecule has 0 aromatic rings. The maximum Gasteiger partial charge on any atom is 0.304 e. The van der Waals surface area contributed by atoms with Crippen molar-refractivity contribution in [2.45, 2.75) is 33.3 Å². The van der Waals surface area contributed by atoms with Crippen molar-refractivity contribution >= 4 is 5.97 Å². The number of carboxylic acid groups (broad SMARTS) is 1. The number of hydrogen-bond acceptors (Lipinski definition) is 3. The molecule has 0 aliphatic rings. The molecule has 0 heterocycles. The molecule has 0 amide bonds. The van der Waals surface area contributed by atoms with E-state index in [9.17, 15) is 9.90 Å². The summed E-state index contributed by atoms with van der Waals surface area (Å²) in [6, 6.07) is 0. The fourth-order valence-corrected chi connectivity index (χ4v) is 1.40. The van der Waals surface area contributed by atoms with Crippen LogP contribution in [0.2, 0.25) is 0 Å². The molecule has 0 saturated heterocycles. The van der Waals surface area contributed by atoms with Gasteiger partial charge in [0, 0.05) is 19.6 Å². The summed E-state index contributed by atoms with van der Waals surface area (Å²) in [5.41, 5.74) is 0. The molecule has 4 heteroatoms. The molecule has 0 radical (unpaired) electrons. The van der Waals surface area contributed by atoms with E-state index < -0.39 is 12.1 Å². The van der Waals surface area contributed by atoms with Crippen LogP contribution in [0.4, 0.5) is 0 Å². The van der Waals surface area contributed by atoms with Crippen LogP contribution in [-0.2, 0) is 4.79 Å². The molecule has 0 aliphatic carbocycles. The first-order valence-electron chi connectivity index (χ1n) is 5.04. The van der Waals surface area contributed by atoms with Crippen LogP contribution in [-0.4, -0.2) is 46.8 Å². The van der Waals surface area contributed by atoms with Gasteiger partial charge in [0.1, 0.15) is 0 Å². The Balaban J connectivity index is 3.90. The number of aliphatic hydroxyl groups is 1. The van der Waals surface area contributed by atoms with Crippen molar-refractivity contribution in [1.82, 2.24) is 4.90 Å². The van der Waals surface area contributed by atoms with Gasteiger partial charge in [-0.05, 0) is 12.8 Å². The van der Waals surface area contributed by atoms with Crippen LogP contribution < -0.4 is 0 Å². The van der Waals surface area contributed by atoms with Crippen molar-refractivity contribution < 1.29 is 15.0 Å². The van der Waals surface area contributed by atoms with Crippen LogP contribution in [0.15, 0.2) is 0 Å². The minimum atomic E-state index is -0.788. The number of carboxylic acids is 1. The summed E-state index contributed by atoms with van der Waals surface area (Å²) in [6.07, 6.45) is -0.262. The molecule has 0 fully saturated rings. The molecule has 0 aromatic carbocycles. The molecule has 14 heavy (non-hydrogen) atoms. The van der Waals surface area contributed by atoms with E-state index in [-0.39, 0.29) is 6.42 Å². The van der Waals surface area contributed by atoms with Gasteiger partial charge in [-0.1, -0.05) is 13.8 Å². The van der Waals surface area contributed by atoms with Gasteiger partial charge in [0.25, 0.3) is 0 Å². The number of hydrogen-bond donors (Lipinski definition) is 2. The predicted octanol–water partition coefficient (Wildman–Crippen LogP) is 0.800. The second-order valence-electron chi connectivity index (χ2n) is 4.15. The lowest BCUT2D eigenvalue weighted by Gasteiger charge is -2.24. The first-order valence-corrected chi connectivity index (χ1v) is 5.04. The molecular formula is C10H21NO3. The summed E-state index contributed by atoms with van der Waals surface area (Å²) in [7, 11) is 0. The van der Waals surface area contributed by atoms with E-state index in [1.807, 2.05) is 4.90 Å². The summed E-state index contributed by atoms with van der Waals surface area (Å²) in [5, 5.41) is 17.8. The lowest BCUT2D eigenvalue weighted by atomic mass is 10.2. The van der Waals surface area contributed by atoms with Crippen LogP contribution in [0.5, 0.6) is 0 Å². The molecule has 1 unspecified atom stereocenters. The fourth-order valence-electron chi connectivity index (χ4n) is 1.40. The van der Waals surface area contributed by atoms with Crippen LogP contribution in [0.3, 0.4) is 0 Å². The molecule has 0 saturated carbocycles. The second kappa shape index (κ2) is 6.79. The first kappa shape index (κ1) is 13.4. The minimum Gasteiger partial charge on any atom is -0.481 e. The smallest absolute Gasteiger partial charge is 0.304 e. The number of rotatable bonds is 7. The standard InChI is InChI=1S/C10H21NO3/c1-8(2)6-11(7-9(3)12)5-4-10(13)14/h8-9,12H,4-7H2,1-3H3,(H,13,14). The third kappa shape index (κ3) is 8.01. The van der Waals surface area contributed by atoms with Gasteiger partial charge in [-0.25, -0.2) is 0 Å². The van der Waals surface area contributed by atoms with Gasteiger partial charge in [-0.3, -0.25) is 9.69 Å². The summed E-state index contributed by atoms with van der Waals surface area (Å²) >= 11 is 0. The third-order valence-electron chi connectivity index (χ3n) is 1.79. The average Bonchev–Trinajstić information content (AvgIpc) is 1.97. The van der Waals surface area contributed by atoms with Crippen LogP contribution in [0.25, 0.3) is 0 Å². The Hall–Kier alpha value is -0.610. The highest BCUT2D eigenvalue weighted by Crippen LogP contribution is 2.01. The lowest BCUT2D eigenvalue weighted by Crippen LogP contribution is -2.35. The van der Waals surface area contributed by atoms with E-state index >= 15 is 0 Å². The molecule has 84 valence electrons. The molecule has 1 atom stereocenters. The predicted molar refractivity (Wildman–Crippen MR) is 55.2 cm³/mol. The molecule has 0 bridgehead atoms. The molecule has 2 N–H and O–H groups in total. The monoisotopic (exact) mass is 203 g/mol. The highest BCUT2D eigenvalue weighted by Gasteiger charge is 2.11. The van der Waals surface area contributed by atoms with Gasteiger partial charge in [0.05, 0.1) is 12.5 Å². The summed E-state index contributed by atoms with van der Waals surface area (Å²) in [4.78, 5) is 12.4. The third-order valence-corrected chi connectivity index (χ3v) is 1.79. The maximum absolute atomic E-state index is 10.4. The highest BCUT2D eigenvalue weighted by molar-refractivity contribution is 5.66. The molecule has 0 spiro atoms. The Bertz CT molecular complexity index is 159. The van der Waals surface area contributed by atoms with Gasteiger partial charge >= 0.3 is 5.97 Å². The van der Waals surface area contributed by atoms with E-state index in [1.54, 1.807) is 6.92 Å². The van der Waals surface area contributed by atoms with Gasteiger partial charge in [-0.2, -0.15) is 0 Å². The fraction of sp³-hybridized carbons (Fsp3) is 0.900. The minimum absolute atomic E-state index is 0.138. The van der Waals surface area contributed by atoms with Crippen molar-refractivity contribution in [3.8, 4) is 0 Å². The molecule has 0 aromatic heterocycles. The van der Waals surface area contributed by atoms with Gasteiger partial charge in [-0.15, -0.1) is 0 Å². The second-order valence-corrected chi connectivity index (χ2v) is 4.15. The molecule has 4 nitrogen and oxygen atoms in total. The molecule has 0 aliphatic heterocycles. The molecular weight excluding hydrogens is 182 g/mol. The van der Waals surface area contributed by atoms with Crippen molar-refractivity contribution in [1.29, 1.82) is 0 Å². The van der Waals surface area contributed by atoms with E-state index in [1.165, 1.54) is 0 Å². The number of carbonyl (C=O) groups is 1. The van der Waals surface area contributed by atoms with Crippen molar-refractivity contribution in [2.24, 2.45) is 5.92 Å². The zero-order chi connectivity index (χ0) is 11.1. The zero-order valence-electron chi connectivity index (χ0n) is 9.23. The van der Waals surface area contributed by atoms with Gasteiger partial charge < -0.3 is 10.2 Å². The maximum atomic E-state index is 10.4. The number of aliphatic hydroxyl groups excluding tert-OH is 1. The van der Waals surface area contributed by atoms with Crippen LogP contribution in [0, 0.1) is 5.92 Å². The Labute approximate surface area is 85.5 Å². The highest BCUT2D eigenvalue weighted by atomic mass is 16.4. The van der Waals surface area contributed by atoms with Crippen molar-refractivity contribution in [3.05, 3.63) is 0 Å². The van der Waals surface area contributed by atoms with Gasteiger partial charge in [0.2, 0.25) is 0 Å². The average molecular weight is 203 g/mol. The van der Waals surface area contributed by atoms with E-state index in [0.717, 1.165) is 6.54 Å². The van der Waals surface area contributed by atoms with E-state index in [2.05, 4.69) is 13.8 Å². The Morgan fingerprint density at radius 3 is 2.21 bits per heavy atom. The topological polar surface area (TPSA) is 60.8 Å². The molecule has 0 rings (SSSR count). The Morgan fingerprint density at radius 1 is 1.29 bits per heavy atom. The lowest BCUT2D eigenvalue weighted by molar-refractivity contribution is -0.137. The Kier molecular flexibility index (Phi) is 6.49. The zero-order valence-corrected chi connectivity index (χ0v) is 9.23. The summed E-state index contributed by atoms with van der Waals surface area (Å²) in [5.74, 6) is -0.299. The summed E-state index contributed by atoms with van der Waals surface area (Å²) < 4.78 is 0. The number of nitrogens with zero attached hydrogens (tertiary/aromatic N) is 1. The normalized spacial score (nSPS) is 13.6. The quantitative estimate of drug-likeness (QED) is 0.642. The summed E-state index contributed by atoms with van der Waals surface area (Å²) in [6.45, 7) is 7.77. The Morgan fingerprint density at radius 2 is 1.86 bits per heavy atom. The van der Waals surface area contributed by atoms with E-state index in [4.69, 9.17) is 5.11 Å².